The van der Waals surface area contributed by atoms with Crippen molar-refractivity contribution in [3.8, 4) is 11.8 Å². The normalized spacial score (nSPS) is 10.7. The Labute approximate surface area is 149 Å². The van der Waals surface area contributed by atoms with Gasteiger partial charge in [0.05, 0.1) is 12.2 Å². The predicted molar refractivity (Wildman–Crippen MR) is 99.9 cm³/mol. The molecule has 1 aromatic heterocycles. The molecule has 0 fully saturated rings. The quantitative estimate of drug-likeness (QED) is 0.537. The molecule has 0 aliphatic rings. The van der Waals surface area contributed by atoms with E-state index in [1.807, 2.05) is 26.0 Å². The van der Waals surface area contributed by atoms with Crippen molar-refractivity contribution in [3.63, 3.8) is 0 Å². The molecule has 0 bridgehead atoms. The zero-order chi connectivity index (χ0) is 17.7. The number of nitrogens with zero attached hydrogens (tertiary/aromatic N) is 2. The van der Waals surface area contributed by atoms with E-state index in [1.165, 1.54) is 11.1 Å². The highest BCUT2D eigenvalue weighted by Gasteiger charge is 2.09. The van der Waals surface area contributed by atoms with E-state index in [4.69, 9.17) is 4.74 Å². The molecule has 2 rings (SSSR count). The van der Waals surface area contributed by atoms with Gasteiger partial charge in [0.25, 0.3) is 0 Å². The van der Waals surface area contributed by atoms with Crippen LogP contribution in [-0.4, -0.2) is 17.3 Å². The first-order valence-corrected chi connectivity index (χ1v) is 9.15. The van der Waals surface area contributed by atoms with E-state index < -0.39 is 0 Å². The van der Waals surface area contributed by atoms with Crippen molar-refractivity contribution in [2.75, 3.05) is 12.4 Å². The fourth-order valence-electron chi connectivity index (χ4n) is 2.73. The zero-order valence-corrected chi connectivity index (χ0v) is 15.8. The Morgan fingerprint density at radius 1 is 1.17 bits per heavy atom. The monoisotopic (exact) mass is 340 g/mol. The van der Waals surface area contributed by atoms with Gasteiger partial charge >= 0.3 is 0 Å². The summed E-state index contributed by atoms with van der Waals surface area (Å²) in [6, 6.07) is 10.5. The molecule has 126 valence electrons. The summed E-state index contributed by atoms with van der Waals surface area (Å²) >= 11 is 1.57. The van der Waals surface area contributed by atoms with Gasteiger partial charge in [-0.25, -0.2) is 4.98 Å². The summed E-state index contributed by atoms with van der Waals surface area (Å²) < 4.78 is 5.85. The van der Waals surface area contributed by atoms with Crippen LogP contribution in [0.15, 0.2) is 29.3 Å². The molecule has 4 heteroatoms. The third-order valence-corrected chi connectivity index (χ3v) is 4.82. The Bertz CT molecular complexity index is 763. The third-order valence-electron chi connectivity index (χ3n) is 3.88. The Morgan fingerprint density at radius 3 is 2.54 bits per heavy atom. The molecule has 0 N–H and O–H groups in total. The van der Waals surface area contributed by atoms with Crippen molar-refractivity contribution in [2.24, 2.45) is 0 Å². The van der Waals surface area contributed by atoms with Crippen LogP contribution in [0.2, 0.25) is 0 Å². The third kappa shape index (κ3) is 4.52. The SMILES string of the molecule is Cc1cc(C)c(C#N)c(SCCOc2ccc(C(C)C)c(C)c2)n1. The van der Waals surface area contributed by atoms with Crippen molar-refractivity contribution in [3.05, 3.63) is 52.2 Å². The molecule has 1 aromatic carbocycles. The molecule has 0 aliphatic carbocycles. The number of pyridine rings is 1. The molecule has 24 heavy (non-hydrogen) atoms. The molecule has 0 saturated heterocycles. The number of aromatic nitrogens is 1. The van der Waals surface area contributed by atoms with E-state index in [0.29, 0.717) is 18.1 Å². The lowest BCUT2D eigenvalue weighted by atomic mass is 9.98. The van der Waals surface area contributed by atoms with Gasteiger partial charge in [-0.05, 0) is 61.6 Å². The largest absolute Gasteiger partial charge is 0.493 e. The van der Waals surface area contributed by atoms with Crippen LogP contribution >= 0.6 is 11.8 Å². The minimum atomic E-state index is 0.523. The molecule has 1 heterocycles. The van der Waals surface area contributed by atoms with E-state index in [-0.39, 0.29) is 0 Å². The van der Waals surface area contributed by atoms with Gasteiger partial charge in [0, 0.05) is 11.4 Å². The number of benzene rings is 1. The second kappa shape index (κ2) is 8.21. The van der Waals surface area contributed by atoms with Crippen LogP contribution < -0.4 is 4.74 Å². The van der Waals surface area contributed by atoms with Gasteiger partial charge < -0.3 is 4.74 Å². The highest BCUT2D eigenvalue weighted by molar-refractivity contribution is 7.99. The molecule has 0 amide bonds. The maximum Gasteiger partial charge on any atom is 0.119 e. The molecular weight excluding hydrogens is 316 g/mol. The van der Waals surface area contributed by atoms with Crippen molar-refractivity contribution in [1.82, 2.24) is 4.98 Å². The van der Waals surface area contributed by atoms with Crippen molar-refractivity contribution in [1.29, 1.82) is 5.26 Å². The Morgan fingerprint density at radius 2 is 1.92 bits per heavy atom. The van der Waals surface area contributed by atoms with Crippen molar-refractivity contribution >= 4 is 11.8 Å². The number of hydrogen-bond donors (Lipinski definition) is 0. The van der Waals surface area contributed by atoms with E-state index in [2.05, 4.69) is 44.0 Å². The fourth-order valence-corrected chi connectivity index (χ4v) is 3.65. The lowest BCUT2D eigenvalue weighted by Crippen LogP contribution is -2.03. The molecule has 0 saturated carbocycles. The first-order chi connectivity index (χ1) is 11.4. The van der Waals surface area contributed by atoms with Gasteiger partial charge in [-0.15, -0.1) is 11.8 Å². The molecule has 0 unspecified atom stereocenters. The maximum atomic E-state index is 9.29. The summed E-state index contributed by atoms with van der Waals surface area (Å²) in [7, 11) is 0. The summed E-state index contributed by atoms with van der Waals surface area (Å²) in [6.07, 6.45) is 0. The Kier molecular flexibility index (Phi) is 6.28. The minimum Gasteiger partial charge on any atom is -0.493 e. The summed E-state index contributed by atoms with van der Waals surface area (Å²) in [5, 5.41) is 10.1. The molecule has 2 aromatic rings. The standard InChI is InChI=1S/C20H24N2OS/c1-13(2)18-7-6-17(11-15(18)4)23-8-9-24-20-19(12-21)14(3)10-16(5)22-20/h6-7,10-11,13H,8-9H2,1-5H3. The highest BCUT2D eigenvalue weighted by Crippen LogP contribution is 2.25. The van der Waals surface area contributed by atoms with Crippen LogP contribution in [0.25, 0.3) is 0 Å². The van der Waals surface area contributed by atoms with Crippen LogP contribution in [0.4, 0.5) is 0 Å². The smallest absolute Gasteiger partial charge is 0.119 e. The van der Waals surface area contributed by atoms with Gasteiger partial charge in [0.1, 0.15) is 16.8 Å². The van der Waals surface area contributed by atoms with Gasteiger partial charge in [0.15, 0.2) is 0 Å². The summed E-state index contributed by atoms with van der Waals surface area (Å²) in [6.45, 7) is 11.0. The lowest BCUT2D eigenvalue weighted by Gasteiger charge is -2.12. The van der Waals surface area contributed by atoms with Gasteiger partial charge in [-0.2, -0.15) is 5.26 Å². The van der Waals surface area contributed by atoms with E-state index in [0.717, 1.165) is 27.8 Å². The number of aryl methyl sites for hydroxylation is 3. The van der Waals surface area contributed by atoms with Crippen LogP contribution in [0.3, 0.4) is 0 Å². The Balaban J connectivity index is 1.94. The second-order valence-electron chi connectivity index (χ2n) is 6.24. The first-order valence-electron chi connectivity index (χ1n) is 8.17. The maximum absolute atomic E-state index is 9.29. The van der Waals surface area contributed by atoms with E-state index in [1.54, 1.807) is 11.8 Å². The second-order valence-corrected chi connectivity index (χ2v) is 7.33. The number of nitriles is 1. The highest BCUT2D eigenvalue weighted by atomic mass is 32.2. The molecule has 0 aliphatic heterocycles. The van der Waals surface area contributed by atoms with Crippen LogP contribution in [-0.2, 0) is 0 Å². The van der Waals surface area contributed by atoms with Crippen LogP contribution in [0.5, 0.6) is 5.75 Å². The Hall–Kier alpha value is -1.99. The summed E-state index contributed by atoms with van der Waals surface area (Å²) in [5.74, 6) is 2.18. The summed E-state index contributed by atoms with van der Waals surface area (Å²) in [4.78, 5) is 4.48. The summed E-state index contributed by atoms with van der Waals surface area (Å²) in [5.41, 5.74) is 5.21. The molecule has 0 radical (unpaired) electrons. The topological polar surface area (TPSA) is 45.9 Å². The van der Waals surface area contributed by atoms with Crippen molar-refractivity contribution < 1.29 is 4.74 Å². The molecule has 0 spiro atoms. The number of hydrogen-bond acceptors (Lipinski definition) is 4. The van der Waals surface area contributed by atoms with Crippen LogP contribution in [0.1, 0.15) is 47.7 Å². The first kappa shape index (κ1) is 18.4. The zero-order valence-electron chi connectivity index (χ0n) is 15.0. The molecule has 3 nitrogen and oxygen atoms in total. The number of rotatable bonds is 6. The van der Waals surface area contributed by atoms with Gasteiger partial charge in [0.2, 0.25) is 0 Å². The van der Waals surface area contributed by atoms with Gasteiger partial charge in [-0.3, -0.25) is 0 Å². The average Bonchev–Trinajstić information content (AvgIpc) is 2.51. The predicted octanol–water partition coefficient (Wildman–Crippen LogP) is 5.17. The minimum absolute atomic E-state index is 0.523. The fraction of sp³-hybridized carbons (Fsp3) is 0.400. The van der Waals surface area contributed by atoms with E-state index in [9.17, 15) is 5.26 Å². The molecule has 0 atom stereocenters. The van der Waals surface area contributed by atoms with E-state index >= 15 is 0 Å². The molecular formula is C20H24N2OS. The number of thioether (sulfide) groups is 1. The van der Waals surface area contributed by atoms with Crippen molar-refractivity contribution in [2.45, 2.75) is 45.6 Å². The number of ether oxygens (including phenoxy) is 1. The average molecular weight is 340 g/mol. The van der Waals surface area contributed by atoms with Crippen LogP contribution in [0, 0.1) is 32.1 Å². The lowest BCUT2D eigenvalue weighted by molar-refractivity contribution is 0.343. The van der Waals surface area contributed by atoms with Gasteiger partial charge in [-0.1, -0.05) is 19.9 Å².